The standard InChI is InChI=1S/C15H17N3O2S/c1-3-4-10(2)18-13-7-11(8-16)5-6-12(13)17-15(18)21-9-14(19)20/h5-7,10H,3-4,9H2,1-2H3,(H,19,20). The molecule has 0 aliphatic rings. The Hall–Kier alpha value is -2.00. The van der Waals surface area contributed by atoms with E-state index in [1.807, 2.05) is 16.7 Å². The number of carboxylic acids is 1. The fourth-order valence-electron chi connectivity index (χ4n) is 2.34. The number of rotatable bonds is 6. The third kappa shape index (κ3) is 3.37. The van der Waals surface area contributed by atoms with E-state index in [1.165, 1.54) is 11.8 Å². The van der Waals surface area contributed by atoms with E-state index < -0.39 is 5.97 Å². The van der Waals surface area contributed by atoms with Crippen LogP contribution in [0.15, 0.2) is 23.4 Å². The lowest BCUT2D eigenvalue weighted by Gasteiger charge is -2.16. The molecule has 21 heavy (non-hydrogen) atoms. The molecule has 1 aromatic heterocycles. The van der Waals surface area contributed by atoms with Crippen LogP contribution in [0.5, 0.6) is 0 Å². The molecule has 1 heterocycles. The van der Waals surface area contributed by atoms with E-state index in [2.05, 4.69) is 24.9 Å². The Morgan fingerprint density at radius 1 is 1.57 bits per heavy atom. The van der Waals surface area contributed by atoms with Crippen LogP contribution in [-0.2, 0) is 4.79 Å². The quantitative estimate of drug-likeness (QED) is 0.827. The predicted octanol–water partition coefficient (Wildman–Crippen LogP) is 3.45. The second-order valence-corrected chi connectivity index (χ2v) is 5.84. The van der Waals surface area contributed by atoms with Crippen LogP contribution in [0.4, 0.5) is 0 Å². The van der Waals surface area contributed by atoms with Gasteiger partial charge in [-0.1, -0.05) is 25.1 Å². The van der Waals surface area contributed by atoms with Crippen molar-refractivity contribution in [2.45, 2.75) is 37.9 Å². The summed E-state index contributed by atoms with van der Waals surface area (Å²) in [5, 5.41) is 18.6. The summed E-state index contributed by atoms with van der Waals surface area (Å²) in [4.78, 5) is 15.3. The molecule has 0 amide bonds. The number of hydrogen-bond acceptors (Lipinski definition) is 4. The van der Waals surface area contributed by atoms with Crippen LogP contribution in [0.1, 0.15) is 38.3 Å². The van der Waals surface area contributed by atoms with Crippen LogP contribution in [-0.4, -0.2) is 26.4 Å². The number of nitrogens with zero attached hydrogens (tertiary/aromatic N) is 3. The Labute approximate surface area is 127 Å². The van der Waals surface area contributed by atoms with Crippen molar-refractivity contribution in [1.29, 1.82) is 5.26 Å². The highest BCUT2D eigenvalue weighted by molar-refractivity contribution is 7.99. The fraction of sp³-hybridized carbons (Fsp3) is 0.400. The lowest BCUT2D eigenvalue weighted by atomic mass is 10.1. The van der Waals surface area contributed by atoms with Crippen molar-refractivity contribution in [2.24, 2.45) is 0 Å². The van der Waals surface area contributed by atoms with Crippen molar-refractivity contribution >= 4 is 28.8 Å². The Morgan fingerprint density at radius 2 is 2.33 bits per heavy atom. The molecule has 0 aliphatic heterocycles. The van der Waals surface area contributed by atoms with Gasteiger partial charge in [-0.3, -0.25) is 4.79 Å². The molecule has 0 radical (unpaired) electrons. The van der Waals surface area contributed by atoms with Crippen molar-refractivity contribution in [1.82, 2.24) is 9.55 Å². The monoisotopic (exact) mass is 303 g/mol. The lowest BCUT2D eigenvalue weighted by molar-refractivity contribution is -0.133. The van der Waals surface area contributed by atoms with Gasteiger partial charge in [0, 0.05) is 6.04 Å². The van der Waals surface area contributed by atoms with Crippen molar-refractivity contribution in [3.8, 4) is 6.07 Å². The van der Waals surface area contributed by atoms with Gasteiger partial charge in [-0.15, -0.1) is 0 Å². The summed E-state index contributed by atoms with van der Waals surface area (Å²) < 4.78 is 2.05. The maximum atomic E-state index is 10.8. The number of nitriles is 1. The minimum atomic E-state index is -0.862. The third-order valence-electron chi connectivity index (χ3n) is 3.26. The molecular weight excluding hydrogens is 286 g/mol. The van der Waals surface area contributed by atoms with Gasteiger partial charge >= 0.3 is 5.97 Å². The van der Waals surface area contributed by atoms with E-state index in [0.717, 1.165) is 23.9 Å². The Kier molecular flexibility index (Phi) is 4.86. The van der Waals surface area contributed by atoms with E-state index in [4.69, 9.17) is 10.4 Å². The Bertz CT molecular complexity index is 703. The first kappa shape index (κ1) is 15.4. The molecule has 0 fully saturated rings. The summed E-state index contributed by atoms with van der Waals surface area (Å²) in [5.41, 5.74) is 2.27. The minimum Gasteiger partial charge on any atom is -0.481 e. The van der Waals surface area contributed by atoms with Crippen LogP contribution >= 0.6 is 11.8 Å². The minimum absolute atomic E-state index is 0.0206. The van der Waals surface area contributed by atoms with Gasteiger partial charge in [0.2, 0.25) is 0 Å². The number of fused-ring (bicyclic) bond motifs is 1. The molecule has 0 saturated carbocycles. The number of benzene rings is 1. The number of carbonyl (C=O) groups is 1. The molecule has 110 valence electrons. The molecule has 5 nitrogen and oxygen atoms in total. The number of imidazole rings is 1. The molecule has 6 heteroatoms. The molecule has 1 aromatic carbocycles. The number of hydrogen-bond donors (Lipinski definition) is 1. The smallest absolute Gasteiger partial charge is 0.313 e. The van der Waals surface area contributed by atoms with Gasteiger partial charge in [-0.25, -0.2) is 4.98 Å². The molecule has 0 saturated heterocycles. The van der Waals surface area contributed by atoms with Gasteiger partial charge in [-0.05, 0) is 31.5 Å². The van der Waals surface area contributed by atoms with Gasteiger partial charge in [0.25, 0.3) is 0 Å². The van der Waals surface area contributed by atoms with Crippen LogP contribution in [0.2, 0.25) is 0 Å². The first-order valence-corrected chi connectivity index (χ1v) is 7.82. The zero-order valence-electron chi connectivity index (χ0n) is 12.0. The zero-order chi connectivity index (χ0) is 15.4. The topological polar surface area (TPSA) is 78.9 Å². The number of aliphatic carboxylic acids is 1. The van der Waals surface area contributed by atoms with Crippen molar-refractivity contribution in [3.05, 3.63) is 23.8 Å². The largest absolute Gasteiger partial charge is 0.481 e. The van der Waals surface area contributed by atoms with E-state index in [1.54, 1.807) is 6.07 Å². The van der Waals surface area contributed by atoms with Crippen LogP contribution in [0.3, 0.4) is 0 Å². The summed E-state index contributed by atoms with van der Waals surface area (Å²) in [6, 6.07) is 7.71. The molecular formula is C15H17N3O2S. The molecule has 2 rings (SSSR count). The van der Waals surface area contributed by atoms with Gasteiger partial charge in [0.15, 0.2) is 5.16 Å². The molecule has 1 N–H and O–H groups in total. The second-order valence-electron chi connectivity index (χ2n) is 4.90. The number of thioether (sulfide) groups is 1. The van der Waals surface area contributed by atoms with E-state index in [0.29, 0.717) is 10.7 Å². The highest BCUT2D eigenvalue weighted by Crippen LogP contribution is 2.30. The summed E-state index contributed by atoms with van der Waals surface area (Å²) in [5.74, 6) is -0.882. The average Bonchev–Trinajstić information content (AvgIpc) is 2.82. The molecule has 1 atom stereocenters. The van der Waals surface area contributed by atoms with Crippen molar-refractivity contribution in [3.63, 3.8) is 0 Å². The van der Waals surface area contributed by atoms with Gasteiger partial charge in [0.05, 0.1) is 28.4 Å². The highest BCUT2D eigenvalue weighted by Gasteiger charge is 2.17. The highest BCUT2D eigenvalue weighted by atomic mass is 32.2. The number of aromatic nitrogens is 2. The van der Waals surface area contributed by atoms with Crippen LogP contribution < -0.4 is 0 Å². The van der Waals surface area contributed by atoms with Gasteiger partial charge in [-0.2, -0.15) is 5.26 Å². The molecule has 0 bridgehead atoms. The Balaban J connectivity index is 2.52. The van der Waals surface area contributed by atoms with Crippen LogP contribution in [0.25, 0.3) is 11.0 Å². The zero-order valence-corrected chi connectivity index (χ0v) is 12.9. The maximum Gasteiger partial charge on any atom is 0.313 e. The normalized spacial score (nSPS) is 12.2. The first-order valence-electron chi connectivity index (χ1n) is 6.83. The van der Waals surface area contributed by atoms with E-state index in [9.17, 15) is 4.79 Å². The summed E-state index contributed by atoms with van der Waals surface area (Å²) >= 11 is 1.22. The molecule has 0 spiro atoms. The van der Waals surface area contributed by atoms with Crippen molar-refractivity contribution in [2.75, 3.05) is 5.75 Å². The SMILES string of the molecule is CCCC(C)n1c(SCC(=O)O)nc2ccc(C#N)cc21. The third-order valence-corrected chi connectivity index (χ3v) is 4.20. The predicted molar refractivity (Wildman–Crippen MR) is 82.4 cm³/mol. The summed E-state index contributed by atoms with van der Waals surface area (Å²) in [6.07, 6.45) is 2.00. The molecule has 1 unspecified atom stereocenters. The van der Waals surface area contributed by atoms with E-state index >= 15 is 0 Å². The van der Waals surface area contributed by atoms with E-state index in [-0.39, 0.29) is 11.8 Å². The summed E-state index contributed by atoms with van der Waals surface area (Å²) in [6.45, 7) is 4.20. The lowest BCUT2D eigenvalue weighted by Crippen LogP contribution is -2.08. The summed E-state index contributed by atoms with van der Waals surface area (Å²) in [7, 11) is 0. The first-order chi connectivity index (χ1) is 10.1. The Morgan fingerprint density at radius 3 is 2.95 bits per heavy atom. The molecule has 0 aliphatic carbocycles. The second kappa shape index (κ2) is 6.64. The van der Waals surface area contributed by atoms with Gasteiger partial charge < -0.3 is 9.67 Å². The van der Waals surface area contributed by atoms with Gasteiger partial charge in [0.1, 0.15) is 0 Å². The van der Waals surface area contributed by atoms with Crippen LogP contribution in [0, 0.1) is 11.3 Å². The number of carboxylic acid groups (broad SMARTS) is 1. The average molecular weight is 303 g/mol. The van der Waals surface area contributed by atoms with Crippen molar-refractivity contribution < 1.29 is 9.90 Å². The molecule has 2 aromatic rings. The fourth-order valence-corrected chi connectivity index (χ4v) is 3.17. The maximum absolute atomic E-state index is 10.8.